The molecule has 0 heterocycles. The van der Waals surface area contributed by atoms with Crippen molar-refractivity contribution >= 4 is 17.7 Å². The van der Waals surface area contributed by atoms with Crippen molar-refractivity contribution in [2.24, 2.45) is 0 Å². The molecule has 1 rings (SSSR count). The van der Waals surface area contributed by atoms with Crippen molar-refractivity contribution < 1.29 is 20.5 Å². The zero-order valence-corrected chi connectivity index (χ0v) is 10.1. The molecule has 0 spiro atoms. The molecule has 1 aromatic carbocycles. The lowest BCUT2D eigenvalue weighted by Crippen LogP contribution is -2.17. The Bertz CT molecular complexity index is 431. The van der Waals surface area contributed by atoms with Gasteiger partial charge in [-0.3, -0.25) is 5.32 Å². The highest BCUT2D eigenvalue weighted by atomic mass is 16.6. The maximum absolute atomic E-state index is 11.3. The maximum Gasteiger partial charge on any atom is 0.411 e. The third-order valence-electron chi connectivity index (χ3n) is 2.03. The fraction of sp³-hybridized carbons (Fsp3) is 0.231. The van der Waals surface area contributed by atoms with Crippen LogP contribution in [0.15, 0.2) is 36.9 Å². The van der Waals surface area contributed by atoms with Gasteiger partial charge in [-0.1, -0.05) is 24.3 Å². The molecule has 0 saturated heterocycles. The van der Waals surface area contributed by atoms with Crippen LogP contribution in [0.1, 0.15) is 6.99 Å². The Morgan fingerprint density at radius 1 is 1.28 bits per heavy atom. The van der Waals surface area contributed by atoms with Crippen LogP contribution in [0.2, 0.25) is 0 Å². The molecule has 18 heavy (non-hydrogen) atoms. The smallest absolute Gasteiger partial charge is 0.411 e. The summed E-state index contributed by atoms with van der Waals surface area (Å²) in [6, 6.07) is 7.30. The van der Waals surface area contributed by atoms with Crippen LogP contribution in [0.25, 0.3) is 0 Å². The van der Waals surface area contributed by atoms with Gasteiger partial charge in [0.15, 0.2) is 0 Å². The number of nitrogens with one attached hydrogen (secondary N) is 1. The number of ether oxygens (including phenoxy) is 2. The standard InChI is InChI=1S/C13H15NO4.H2/c1-3-12(15)17-8-9-18-13(16)14-11-6-4-10(2)5-7-11;/h3-7H,1,8-9H2,2H3,(H,14,16);1H. The van der Waals surface area contributed by atoms with Crippen LogP contribution in [-0.4, -0.2) is 25.3 Å². The molecule has 0 aliphatic carbocycles. The van der Waals surface area contributed by atoms with Gasteiger partial charge in [0, 0.05) is 13.2 Å². The molecule has 0 aromatic heterocycles. The fourth-order valence-electron chi connectivity index (χ4n) is 1.13. The largest absolute Gasteiger partial charge is 0.459 e. The second-order valence-electron chi connectivity index (χ2n) is 3.50. The Morgan fingerprint density at radius 2 is 1.89 bits per heavy atom. The molecular weight excluding hydrogens is 234 g/mol. The molecule has 5 nitrogen and oxygen atoms in total. The minimum absolute atomic E-state index is 0. The van der Waals surface area contributed by atoms with Crippen LogP contribution in [-0.2, 0) is 14.3 Å². The van der Waals surface area contributed by atoms with E-state index in [9.17, 15) is 9.59 Å². The van der Waals surface area contributed by atoms with Gasteiger partial charge in [0.2, 0.25) is 0 Å². The highest BCUT2D eigenvalue weighted by Gasteiger charge is 2.03. The third kappa shape index (κ3) is 5.16. The summed E-state index contributed by atoms with van der Waals surface area (Å²) < 4.78 is 9.46. The average molecular weight is 251 g/mol. The summed E-state index contributed by atoms with van der Waals surface area (Å²) in [6.07, 6.45) is 0.459. The van der Waals surface area contributed by atoms with E-state index in [-0.39, 0.29) is 14.6 Å². The topological polar surface area (TPSA) is 64.6 Å². The van der Waals surface area contributed by atoms with Crippen LogP contribution in [0.3, 0.4) is 0 Å². The van der Waals surface area contributed by atoms with Gasteiger partial charge in [-0.15, -0.1) is 0 Å². The Balaban J connectivity index is 0.00000324. The first-order chi connectivity index (χ1) is 8.61. The molecule has 1 amide bonds. The first-order valence-corrected chi connectivity index (χ1v) is 5.41. The van der Waals surface area contributed by atoms with E-state index >= 15 is 0 Å². The van der Waals surface area contributed by atoms with Crippen molar-refractivity contribution in [1.29, 1.82) is 0 Å². The molecule has 0 atom stereocenters. The number of aryl methyl sites for hydroxylation is 1. The van der Waals surface area contributed by atoms with Gasteiger partial charge in [-0.25, -0.2) is 9.59 Å². The number of benzene rings is 1. The lowest BCUT2D eigenvalue weighted by Gasteiger charge is -2.07. The highest BCUT2D eigenvalue weighted by molar-refractivity contribution is 5.84. The van der Waals surface area contributed by atoms with E-state index in [1.54, 1.807) is 12.1 Å². The minimum atomic E-state index is -0.589. The second-order valence-corrected chi connectivity index (χ2v) is 3.50. The Labute approximate surface area is 107 Å². The van der Waals surface area contributed by atoms with E-state index in [1.807, 2.05) is 19.1 Å². The number of carbonyl (C=O) groups excluding carboxylic acids is 2. The van der Waals surface area contributed by atoms with Crippen LogP contribution in [0.5, 0.6) is 0 Å². The van der Waals surface area contributed by atoms with E-state index in [2.05, 4.69) is 16.6 Å². The lowest BCUT2D eigenvalue weighted by atomic mass is 10.2. The van der Waals surface area contributed by atoms with Gasteiger partial charge in [-0.2, -0.15) is 0 Å². The summed E-state index contributed by atoms with van der Waals surface area (Å²) in [6.45, 7) is 5.20. The summed E-state index contributed by atoms with van der Waals surface area (Å²) in [5, 5.41) is 2.55. The van der Waals surface area contributed by atoms with Crippen molar-refractivity contribution in [3.8, 4) is 0 Å². The molecule has 98 valence electrons. The van der Waals surface area contributed by atoms with Crippen molar-refractivity contribution in [3.05, 3.63) is 42.5 Å². The molecule has 5 heteroatoms. The first kappa shape index (κ1) is 13.8. The maximum atomic E-state index is 11.3. The molecule has 1 aromatic rings. The fourth-order valence-corrected chi connectivity index (χ4v) is 1.13. The highest BCUT2D eigenvalue weighted by Crippen LogP contribution is 2.08. The van der Waals surface area contributed by atoms with Gasteiger partial charge in [0.1, 0.15) is 13.2 Å². The van der Waals surface area contributed by atoms with Crippen LogP contribution >= 0.6 is 0 Å². The van der Waals surface area contributed by atoms with Crippen molar-refractivity contribution in [3.63, 3.8) is 0 Å². The molecule has 0 aliphatic rings. The average Bonchev–Trinajstić information content (AvgIpc) is 2.37. The molecule has 1 N–H and O–H groups in total. The summed E-state index contributed by atoms with van der Waals surface area (Å²) in [4.78, 5) is 22.0. The molecule has 0 unspecified atom stereocenters. The number of rotatable bonds is 5. The Morgan fingerprint density at radius 3 is 2.50 bits per heavy atom. The predicted molar refractivity (Wildman–Crippen MR) is 69.4 cm³/mol. The molecule has 0 bridgehead atoms. The van der Waals surface area contributed by atoms with Crippen molar-refractivity contribution in [2.45, 2.75) is 6.92 Å². The van der Waals surface area contributed by atoms with E-state index < -0.39 is 12.1 Å². The second kappa shape index (κ2) is 7.11. The Kier molecular flexibility index (Phi) is 5.44. The zero-order valence-electron chi connectivity index (χ0n) is 10.1. The molecule has 0 fully saturated rings. The van der Waals surface area contributed by atoms with E-state index in [0.29, 0.717) is 5.69 Å². The van der Waals surface area contributed by atoms with Gasteiger partial charge in [-0.05, 0) is 19.1 Å². The van der Waals surface area contributed by atoms with Gasteiger partial charge < -0.3 is 9.47 Å². The number of carbonyl (C=O) groups is 2. The SMILES string of the molecule is C=CC(=O)OCCOC(=O)Nc1ccc(C)cc1.[HH]. The molecule has 0 aliphatic heterocycles. The number of esters is 1. The van der Waals surface area contributed by atoms with Crippen LogP contribution in [0.4, 0.5) is 10.5 Å². The van der Waals surface area contributed by atoms with Crippen LogP contribution < -0.4 is 5.32 Å². The summed E-state index contributed by atoms with van der Waals surface area (Å²) in [5.41, 5.74) is 1.75. The van der Waals surface area contributed by atoms with Crippen molar-refractivity contribution in [2.75, 3.05) is 18.5 Å². The van der Waals surface area contributed by atoms with E-state index in [4.69, 9.17) is 4.74 Å². The summed E-state index contributed by atoms with van der Waals surface area (Å²) in [5.74, 6) is -0.544. The van der Waals surface area contributed by atoms with Gasteiger partial charge in [0.25, 0.3) is 0 Å². The number of anilines is 1. The quantitative estimate of drug-likeness (QED) is 0.496. The Hall–Kier alpha value is -2.30. The molecule has 0 saturated carbocycles. The van der Waals surface area contributed by atoms with Crippen molar-refractivity contribution in [1.82, 2.24) is 0 Å². The summed E-state index contributed by atoms with van der Waals surface area (Å²) >= 11 is 0. The van der Waals surface area contributed by atoms with E-state index in [0.717, 1.165) is 11.6 Å². The third-order valence-corrected chi connectivity index (χ3v) is 2.03. The molecule has 0 radical (unpaired) electrons. The van der Waals surface area contributed by atoms with Gasteiger partial charge in [0.05, 0.1) is 0 Å². The first-order valence-electron chi connectivity index (χ1n) is 5.41. The zero-order chi connectivity index (χ0) is 13.4. The number of hydrogen-bond donors (Lipinski definition) is 1. The predicted octanol–water partition coefficient (Wildman–Crippen LogP) is 2.52. The number of amides is 1. The normalized spacial score (nSPS) is 9.39. The van der Waals surface area contributed by atoms with E-state index in [1.165, 1.54) is 0 Å². The molecular formula is C13H17NO4. The monoisotopic (exact) mass is 251 g/mol. The lowest BCUT2D eigenvalue weighted by molar-refractivity contribution is -0.138. The van der Waals surface area contributed by atoms with Gasteiger partial charge >= 0.3 is 12.1 Å². The summed E-state index contributed by atoms with van der Waals surface area (Å²) in [7, 11) is 0. The minimum Gasteiger partial charge on any atom is -0.459 e. The van der Waals surface area contributed by atoms with Crippen LogP contribution in [0, 0.1) is 6.92 Å². The number of hydrogen-bond acceptors (Lipinski definition) is 4.